The third-order valence-electron chi connectivity index (χ3n) is 5.53. The molecule has 140 valence electrons. The highest BCUT2D eigenvalue weighted by Crippen LogP contribution is 2.42. The van der Waals surface area contributed by atoms with Crippen LogP contribution in [0.25, 0.3) is 22.4 Å². The lowest BCUT2D eigenvalue weighted by atomic mass is 9.77. The van der Waals surface area contributed by atoms with Gasteiger partial charge in [0.25, 0.3) is 0 Å². The molecule has 2 saturated heterocycles. The van der Waals surface area contributed by atoms with Crippen LogP contribution in [-0.4, -0.2) is 43.5 Å². The second kappa shape index (κ2) is 6.58. The molecule has 3 aliphatic rings. The maximum absolute atomic E-state index is 11.4. The summed E-state index contributed by atoms with van der Waals surface area (Å²) in [4.78, 5) is 15.0. The number of rotatable bonds is 4. The molecule has 3 aromatic rings. The van der Waals surface area contributed by atoms with Gasteiger partial charge in [-0.05, 0) is 37.5 Å². The lowest BCUT2D eigenvalue weighted by Gasteiger charge is -2.56. The van der Waals surface area contributed by atoms with E-state index >= 15 is 0 Å². The van der Waals surface area contributed by atoms with Gasteiger partial charge in [0.1, 0.15) is 11.6 Å². The van der Waals surface area contributed by atoms with Crippen molar-refractivity contribution in [2.45, 2.75) is 37.4 Å². The zero-order chi connectivity index (χ0) is 18.5. The monoisotopic (exact) mass is 401 g/mol. The van der Waals surface area contributed by atoms with Crippen molar-refractivity contribution in [3.05, 3.63) is 41.6 Å². The minimum Gasteiger partial charge on any atom is -0.350 e. The first-order valence-electron chi connectivity index (χ1n) is 9.07. The zero-order valence-electron chi connectivity index (χ0n) is 14.9. The Bertz CT molecular complexity index is 993. The molecule has 0 amide bonds. The Labute approximate surface area is 164 Å². The van der Waals surface area contributed by atoms with Crippen molar-refractivity contribution in [2.24, 2.45) is 0 Å². The number of nitrogens with one attached hydrogen (secondary N) is 2. The summed E-state index contributed by atoms with van der Waals surface area (Å²) in [6.07, 6.45) is 6.54. The maximum atomic E-state index is 11.4. The van der Waals surface area contributed by atoms with Gasteiger partial charge in [-0.1, -0.05) is 23.7 Å². The molecular formula is C19H20ClN5OS. The van der Waals surface area contributed by atoms with Crippen LogP contribution in [0.4, 0.5) is 5.82 Å². The summed E-state index contributed by atoms with van der Waals surface area (Å²) >= 11 is 6.44. The van der Waals surface area contributed by atoms with Crippen molar-refractivity contribution < 1.29 is 4.21 Å². The van der Waals surface area contributed by atoms with Gasteiger partial charge in [0.2, 0.25) is 0 Å². The number of hydrogen-bond acceptors (Lipinski definition) is 4. The Morgan fingerprint density at radius 3 is 2.78 bits per heavy atom. The summed E-state index contributed by atoms with van der Waals surface area (Å²) < 4.78 is 14.6. The van der Waals surface area contributed by atoms with Gasteiger partial charge in [-0.25, -0.2) is 18.9 Å². The summed E-state index contributed by atoms with van der Waals surface area (Å²) in [5, 5.41) is 0.587. The van der Waals surface area contributed by atoms with E-state index in [-0.39, 0.29) is 0 Å². The Hall–Kier alpha value is -1.96. The molecule has 6 nitrogen and oxygen atoms in total. The van der Waals surface area contributed by atoms with Crippen molar-refractivity contribution in [3.63, 3.8) is 0 Å². The maximum Gasteiger partial charge on any atom is 0.140 e. The topological polar surface area (TPSA) is 73.9 Å². The van der Waals surface area contributed by atoms with E-state index in [0.29, 0.717) is 23.1 Å². The molecule has 1 saturated carbocycles. The molecule has 4 atom stereocenters. The molecule has 2 aromatic heterocycles. The third-order valence-corrected chi connectivity index (χ3v) is 6.49. The Morgan fingerprint density at radius 2 is 2.04 bits per heavy atom. The minimum absolute atomic E-state index is 0.318. The highest BCUT2D eigenvalue weighted by Gasteiger charge is 2.46. The fourth-order valence-corrected chi connectivity index (χ4v) is 5.26. The molecule has 2 bridgehead atoms. The highest BCUT2D eigenvalue weighted by atomic mass is 35.5. The van der Waals surface area contributed by atoms with Crippen LogP contribution in [0.5, 0.6) is 0 Å². The van der Waals surface area contributed by atoms with E-state index in [1.807, 2.05) is 30.3 Å². The first kappa shape index (κ1) is 17.2. The van der Waals surface area contributed by atoms with Crippen molar-refractivity contribution in [1.82, 2.24) is 19.7 Å². The number of fused-ring (bicyclic) bond motifs is 3. The van der Waals surface area contributed by atoms with Crippen molar-refractivity contribution in [3.8, 4) is 11.4 Å². The summed E-state index contributed by atoms with van der Waals surface area (Å²) in [7, 11) is -0.967. The average Bonchev–Trinajstić information content (AvgIpc) is 3.06. The number of imidazole rings is 1. The van der Waals surface area contributed by atoms with Crippen LogP contribution in [0.2, 0.25) is 5.02 Å². The molecule has 3 fully saturated rings. The predicted molar refractivity (Wildman–Crippen MR) is 109 cm³/mol. The Morgan fingerprint density at radius 1 is 1.26 bits per heavy atom. The van der Waals surface area contributed by atoms with Crippen LogP contribution < -0.4 is 9.62 Å². The Kier molecular flexibility index (Phi) is 4.18. The first-order chi connectivity index (χ1) is 13.1. The lowest BCUT2D eigenvalue weighted by molar-refractivity contribution is 0.210. The molecular weight excluding hydrogens is 382 g/mol. The molecule has 2 aliphatic heterocycles. The van der Waals surface area contributed by atoms with Gasteiger partial charge in [-0.15, -0.1) is 0 Å². The number of para-hydroxylation sites is 2. The van der Waals surface area contributed by atoms with E-state index in [4.69, 9.17) is 11.6 Å². The first-order valence-corrected chi connectivity index (χ1v) is 11.0. The van der Waals surface area contributed by atoms with Gasteiger partial charge in [-0.2, -0.15) is 0 Å². The quantitative estimate of drug-likeness (QED) is 0.703. The fraction of sp³-hybridized carbons (Fsp3) is 0.368. The van der Waals surface area contributed by atoms with Gasteiger partial charge in [0, 0.05) is 36.1 Å². The van der Waals surface area contributed by atoms with Crippen LogP contribution in [0, 0.1) is 0 Å². The van der Waals surface area contributed by atoms with Crippen LogP contribution in [-0.2, 0) is 11.0 Å². The minimum atomic E-state index is -0.967. The second-order valence-corrected chi connectivity index (χ2v) is 8.87. The van der Waals surface area contributed by atoms with E-state index in [1.165, 1.54) is 6.42 Å². The fourth-order valence-electron chi connectivity index (χ4n) is 4.41. The number of piperidine rings is 1. The van der Waals surface area contributed by atoms with E-state index in [0.717, 1.165) is 41.1 Å². The zero-order valence-corrected chi connectivity index (χ0v) is 16.4. The number of nitrogens with zero attached hydrogens (tertiary/aromatic N) is 3. The number of benzene rings is 1. The molecule has 6 rings (SSSR count). The van der Waals surface area contributed by atoms with Crippen LogP contribution in [0.1, 0.15) is 19.3 Å². The molecule has 0 radical (unpaired) electrons. The normalized spacial score (nSPS) is 25.4. The highest BCUT2D eigenvalue weighted by molar-refractivity contribution is 7.82. The molecule has 1 aromatic carbocycles. The summed E-state index contributed by atoms with van der Waals surface area (Å²) in [5.41, 5.74) is 2.78. The van der Waals surface area contributed by atoms with Gasteiger partial charge in [-0.3, -0.25) is 0 Å². The number of H-pyrrole nitrogens is 1. The molecule has 8 heteroatoms. The largest absolute Gasteiger partial charge is 0.350 e. The number of aromatic nitrogens is 3. The molecule has 1 aliphatic carbocycles. The smallest absolute Gasteiger partial charge is 0.140 e. The van der Waals surface area contributed by atoms with Gasteiger partial charge in [0.05, 0.1) is 27.0 Å². The van der Waals surface area contributed by atoms with Crippen LogP contribution in [0.15, 0.2) is 36.5 Å². The number of pyridine rings is 1. The van der Waals surface area contributed by atoms with E-state index < -0.39 is 11.0 Å². The lowest BCUT2D eigenvalue weighted by Crippen LogP contribution is -2.64. The van der Waals surface area contributed by atoms with Gasteiger partial charge >= 0.3 is 0 Å². The number of aromatic amines is 1. The molecule has 3 unspecified atom stereocenters. The molecule has 4 heterocycles. The SMILES string of the molecule is CS(=O)NC1CC2C[C@H](C1)N2c1cc(-c2nc3ccccc3[nH]2)c(Cl)cn1. The van der Waals surface area contributed by atoms with E-state index in [1.54, 1.807) is 12.5 Å². The summed E-state index contributed by atoms with van der Waals surface area (Å²) in [6.45, 7) is 0. The van der Waals surface area contributed by atoms with Crippen molar-refractivity contribution in [2.75, 3.05) is 11.2 Å². The Balaban J connectivity index is 1.44. The van der Waals surface area contributed by atoms with Gasteiger partial charge in [0.15, 0.2) is 0 Å². The van der Waals surface area contributed by atoms with Crippen molar-refractivity contribution >= 4 is 39.4 Å². The van der Waals surface area contributed by atoms with E-state index in [9.17, 15) is 4.21 Å². The summed E-state index contributed by atoms with van der Waals surface area (Å²) in [5.74, 6) is 1.70. The second-order valence-electron chi connectivity index (χ2n) is 7.32. The van der Waals surface area contributed by atoms with Gasteiger partial charge < -0.3 is 9.88 Å². The molecule has 2 N–H and O–H groups in total. The molecule has 27 heavy (non-hydrogen) atoms. The van der Waals surface area contributed by atoms with Crippen LogP contribution >= 0.6 is 11.6 Å². The number of halogens is 1. The average molecular weight is 402 g/mol. The predicted octanol–water partition coefficient (Wildman–Crippen LogP) is 3.27. The molecule has 0 spiro atoms. The van der Waals surface area contributed by atoms with E-state index in [2.05, 4.69) is 24.6 Å². The van der Waals surface area contributed by atoms with Crippen molar-refractivity contribution in [1.29, 1.82) is 0 Å². The standard InChI is InChI=1S/C19H20ClN5OS/c1-27(26)24-11-6-12-8-13(7-11)25(12)18-9-14(15(20)10-21-18)19-22-16-4-2-3-5-17(16)23-19/h2-5,9-13,24H,6-8H2,1H3,(H,22,23)/t11?,12-,13?,27?/m0/s1. The van der Waals surface area contributed by atoms with Crippen LogP contribution in [0.3, 0.4) is 0 Å². The number of anilines is 1. The number of hydrogen-bond donors (Lipinski definition) is 2. The third kappa shape index (κ3) is 3.03. The summed E-state index contributed by atoms with van der Waals surface area (Å²) in [6, 6.07) is 11.2.